The molecule has 98 valence electrons. The second-order valence-electron chi connectivity index (χ2n) is 3.54. The molecule has 0 saturated heterocycles. The van der Waals surface area contributed by atoms with Gasteiger partial charge < -0.3 is 10.8 Å². The molecule has 17 heavy (non-hydrogen) atoms. The predicted octanol–water partition coefficient (Wildman–Crippen LogP) is 2.65. The third-order valence-electron chi connectivity index (χ3n) is 2.15. The zero-order valence-electron chi connectivity index (χ0n) is 8.83. The molecular formula is C10H12ClF4NO. The molecule has 7 heteroatoms. The Kier molecular flexibility index (Phi) is 5.38. The average Bonchev–Trinajstić information content (AvgIpc) is 2.14. The molecule has 0 fully saturated rings. The number of benzene rings is 1. The molecular weight excluding hydrogens is 262 g/mol. The van der Waals surface area contributed by atoms with Crippen LogP contribution in [0.5, 0.6) is 0 Å². The summed E-state index contributed by atoms with van der Waals surface area (Å²) in [6, 6.07) is 0.961. The maximum atomic E-state index is 12.9. The molecule has 2 nitrogen and oxygen atoms in total. The maximum Gasteiger partial charge on any atom is 0.416 e. The van der Waals surface area contributed by atoms with Crippen LogP contribution in [-0.4, -0.2) is 11.2 Å². The van der Waals surface area contributed by atoms with Crippen LogP contribution in [0.3, 0.4) is 0 Å². The van der Waals surface area contributed by atoms with Gasteiger partial charge in [-0.2, -0.15) is 13.2 Å². The lowest BCUT2D eigenvalue weighted by Crippen LogP contribution is -2.24. The molecule has 0 radical (unpaired) electrons. The van der Waals surface area contributed by atoms with Gasteiger partial charge in [0.1, 0.15) is 5.82 Å². The van der Waals surface area contributed by atoms with Gasteiger partial charge in [-0.25, -0.2) is 4.39 Å². The lowest BCUT2D eigenvalue weighted by molar-refractivity contribution is -0.137. The first-order valence-corrected chi connectivity index (χ1v) is 4.53. The molecule has 0 unspecified atom stereocenters. The van der Waals surface area contributed by atoms with Crippen molar-refractivity contribution in [2.45, 2.75) is 25.2 Å². The normalized spacial score (nSPS) is 15.0. The standard InChI is InChI=1S/C10H11F4NO.ClH/c1-5(16)9(15)6-2-7(10(12,13)14)4-8(11)3-6;/h2-5,9,16H,15H2,1H3;1H/t5-,9-;/m0./s1. The molecule has 3 N–H and O–H groups in total. The second kappa shape index (κ2) is 5.66. The van der Waals surface area contributed by atoms with Gasteiger partial charge in [-0.05, 0) is 30.7 Å². The van der Waals surface area contributed by atoms with Crippen LogP contribution in [-0.2, 0) is 6.18 Å². The van der Waals surface area contributed by atoms with E-state index in [1.54, 1.807) is 0 Å². The summed E-state index contributed by atoms with van der Waals surface area (Å²) >= 11 is 0. The van der Waals surface area contributed by atoms with E-state index in [1.165, 1.54) is 6.92 Å². The number of nitrogens with two attached hydrogens (primary N) is 1. The summed E-state index contributed by atoms with van der Waals surface area (Å²) in [4.78, 5) is 0. The van der Waals surface area contributed by atoms with E-state index in [1.807, 2.05) is 0 Å². The maximum absolute atomic E-state index is 12.9. The van der Waals surface area contributed by atoms with Crippen LogP contribution in [0, 0.1) is 5.82 Å². The quantitative estimate of drug-likeness (QED) is 0.814. The van der Waals surface area contributed by atoms with E-state index in [4.69, 9.17) is 10.8 Å². The van der Waals surface area contributed by atoms with Crippen LogP contribution < -0.4 is 5.73 Å². The van der Waals surface area contributed by atoms with Crippen LogP contribution in [0.2, 0.25) is 0 Å². The van der Waals surface area contributed by atoms with Gasteiger partial charge in [-0.3, -0.25) is 0 Å². The Bertz CT molecular complexity index is 381. The number of halogens is 5. The van der Waals surface area contributed by atoms with Gasteiger partial charge in [-0.15, -0.1) is 12.4 Å². The highest BCUT2D eigenvalue weighted by molar-refractivity contribution is 5.85. The summed E-state index contributed by atoms with van der Waals surface area (Å²) < 4.78 is 50.0. The van der Waals surface area contributed by atoms with Crippen molar-refractivity contribution in [1.82, 2.24) is 0 Å². The van der Waals surface area contributed by atoms with E-state index in [9.17, 15) is 17.6 Å². The molecule has 0 spiro atoms. The fraction of sp³-hybridized carbons (Fsp3) is 0.400. The van der Waals surface area contributed by atoms with Crippen LogP contribution in [0.25, 0.3) is 0 Å². The van der Waals surface area contributed by atoms with Crippen molar-refractivity contribution in [3.63, 3.8) is 0 Å². The van der Waals surface area contributed by atoms with Crippen molar-refractivity contribution < 1.29 is 22.7 Å². The number of aliphatic hydroxyl groups excluding tert-OH is 1. The van der Waals surface area contributed by atoms with Crippen molar-refractivity contribution in [3.8, 4) is 0 Å². The third-order valence-corrected chi connectivity index (χ3v) is 2.15. The summed E-state index contributed by atoms with van der Waals surface area (Å²) in [6.07, 6.45) is -5.68. The zero-order chi connectivity index (χ0) is 12.5. The Balaban J connectivity index is 0.00000256. The lowest BCUT2D eigenvalue weighted by atomic mass is 10.0. The Morgan fingerprint density at radius 2 is 1.76 bits per heavy atom. The van der Waals surface area contributed by atoms with Gasteiger partial charge >= 0.3 is 6.18 Å². The van der Waals surface area contributed by atoms with Gasteiger partial charge in [0, 0.05) is 0 Å². The summed E-state index contributed by atoms with van der Waals surface area (Å²) in [6.45, 7) is 1.32. The Morgan fingerprint density at radius 1 is 1.24 bits per heavy atom. The number of alkyl halides is 3. The summed E-state index contributed by atoms with van der Waals surface area (Å²) in [7, 11) is 0. The molecule has 1 rings (SSSR count). The molecule has 1 aromatic carbocycles. The largest absolute Gasteiger partial charge is 0.416 e. The molecule has 0 aliphatic carbocycles. The Hall–Kier alpha value is -0.850. The molecule has 1 aromatic rings. The first-order chi connectivity index (χ1) is 7.21. The van der Waals surface area contributed by atoms with Gasteiger partial charge in [0.2, 0.25) is 0 Å². The number of aliphatic hydroxyl groups is 1. The SMILES string of the molecule is C[C@H](O)[C@H](N)c1cc(F)cc(C(F)(F)F)c1.Cl. The molecule has 0 aliphatic heterocycles. The fourth-order valence-electron chi connectivity index (χ4n) is 1.25. The molecule has 2 atom stereocenters. The summed E-state index contributed by atoms with van der Waals surface area (Å²) in [5.41, 5.74) is 4.24. The highest BCUT2D eigenvalue weighted by atomic mass is 35.5. The Morgan fingerprint density at radius 3 is 2.18 bits per heavy atom. The van der Waals surface area contributed by atoms with E-state index >= 15 is 0 Å². The van der Waals surface area contributed by atoms with E-state index in [-0.39, 0.29) is 18.0 Å². The van der Waals surface area contributed by atoms with Gasteiger partial charge in [0.05, 0.1) is 17.7 Å². The van der Waals surface area contributed by atoms with Gasteiger partial charge in [0.15, 0.2) is 0 Å². The van der Waals surface area contributed by atoms with Crippen molar-refractivity contribution >= 4 is 12.4 Å². The summed E-state index contributed by atoms with van der Waals surface area (Å²) in [5, 5.41) is 9.13. The minimum absolute atomic E-state index is 0. The summed E-state index contributed by atoms with van der Waals surface area (Å²) in [5.74, 6) is -1.03. The molecule has 0 aromatic heterocycles. The molecule has 0 aliphatic rings. The fourth-order valence-corrected chi connectivity index (χ4v) is 1.25. The van der Waals surface area contributed by atoms with E-state index in [0.717, 1.165) is 12.1 Å². The van der Waals surface area contributed by atoms with E-state index in [2.05, 4.69) is 0 Å². The third kappa shape index (κ3) is 4.14. The van der Waals surface area contributed by atoms with Crippen molar-refractivity contribution in [3.05, 3.63) is 35.1 Å². The minimum Gasteiger partial charge on any atom is -0.391 e. The monoisotopic (exact) mass is 273 g/mol. The first kappa shape index (κ1) is 16.1. The topological polar surface area (TPSA) is 46.2 Å². The Labute approximate surface area is 102 Å². The first-order valence-electron chi connectivity index (χ1n) is 4.53. The van der Waals surface area contributed by atoms with Gasteiger partial charge in [0.25, 0.3) is 0 Å². The zero-order valence-corrected chi connectivity index (χ0v) is 9.65. The van der Waals surface area contributed by atoms with E-state index < -0.39 is 29.7 Å². The predicted molar refractivity (Wildman–Crippen MR) is 57.3 cm³/mol. The smallest absolute Gasteiger partial charge is 0.391 e. The van der Waals surface area contributed by atoms with Crippen molar-refractivity contribution in [2.75, 3.05) is 0 Å². The average molecular weight is 274 g/mol. The van der Waals surface area contributed by atoms with Crippen molar-refractivity contribution in [2.24, 2.45) is 5.73 Å². The second-order valence-corrected chi connectivity index (χ2v) is 3.54. The van der Waals surface area contributed by atoms with Crippen LogP contribution in [0.4, 0.5) is 17.6 Å². The van der Waals surface area contributed by atoms with Gasteiger partial charge in [-0.1, -0.05) is 0 Å². The highest BCUT2D eigenvalue weighted by Gasteiger charge is 2.32. The van der Waals surface area contributed by atoms with Crippen LogP contribution in [0.15, 0.2) is 18.2 Å². The lowest BCUT2D eigenvalue weighted by Gasteiger charge is -2.17. The molecule has 0 amide bonds. The number of rotatable bonds is 2. The number of hydrogen-bond donors (Lipinski definition) is 2. The van der Waals surface area contributed by atoms with Crippen LogP contribution in [0.1, 0.15) is 24.1 Å². The molecule has 0 heterocycles. The minimum atomic E-state index is -4.63. The highest BCUT2D eigenvalue weighted by Crippen LogP contribution is 2.31. The van der Waals surface area contributed by atoms with E-state index in [0.29, 0.717) is 6.07 Å². The van der Waals surface area contributed by atoms with Crippen molar-refractivity contribution in [1.29, 1.82) is 0 Å². The number of hydrogen-bond acceptors (Lipinski definition) is 2. The molecule has 0 bridgehead atoms. The molecule has 0 saturated carbocycles. The van der Waals surface area contributed by atoms with Crippen LogP contribution >= 0.6 is 12.4 Å².